The Bertz CT molecular complexity index is 1600. The summed E-state index contributed by atoms with van der Waals surface area (Å²) in [4.78, 5) is 39.9. The molecule has 1 saturated heterocycles. The van der Waals surface area contributed by atoms with Crippen LogP contribution in [-0.4, -0.2) is 41.5 Å². The number of nitrogens with zero attached hydrogens (tertiary/aromatic N) is 1. The van der Waals surface area contributed by atoms with Crippen LogP contribution in [0.15, 0.2) is 66.7 Å². The summed E-state index contributed by atoms with van der Waals surface area (Å²) < 4.78 is 46.1. The molecule has 1 aliphatic heterocycles. The van der Waals surface area contributed by atoms with Crippen molar-refractivity contribution in [2.24, 2.45) is 5.92 Å². The van der Waals surface area contributed by atoms with Gasteiger partial charge in [-0.05, 0) is 111 Å². The first-order valence-electron chi connectivity index (χ1n) is 16.1. The molecule has 0 radical (unpaired) electrons. The third-order valence-electron chi connectivity index (χ3n) is 8.68. The number of alkyl carbamates (subject to hydrolysis) is 1. The Labute approximate surface area is 273 Å². The highest BCUT2D eigenvalue weighted by molar-refractivity contribution is 5.94. The minimum Gasteiger partial charge on any atom is -0.444 e. The molecule has 7 nitrogen and oxygen atoms in total. The van der Waals surface area contributed by atoms with Gasteiger partial charge in [0, 0.05) is 31.1 Å². The van der Waals surface area contributed by atoms with Crippen molar-refractivity contribution in [3.05, 3.63) is 94.5 Å². The Balaban J connectivity index is 1.24. The lowest BCUT2D eigenvalue weighted by atomic mass is 9.88. The maximum absolute atomic E-state index is 13.6. The molecule has 47 heavy (non-hydrogen) atoms. The Hall–Kier alpha value is -4.34. The summed E-state index contributed by atoms with van der Waals surface area (Å²) in [6.07, 6.45) is -1.45. The highest BCUT2D eigenvalue weighted by atomic mass is 19.4. The van der Waals surface area contributed by atoms with E-state index in [1.807, 2.05) is 30.0 Å². The molecule has 1 saturated carbocycles. The maximum Gasteiger partial charge on any atom is 0.416 e. The van der Waals surface area contributed by atoms with Crippen molar-refractivity contribution in [2.75, 3.05) is 13.1 Å². The average molecular weight is 650 g/mol. The van der Waals surface area contributed by atoms with Crippen LogP contribution in [0.4, 0.5) is 18.0 Å². The van der Waals surface area contributed by atoms with E-state index < -0.39 is 23.4 Å². The Morgan fingerprint density at radius 2 is 1.60 bits per heavy atom. The van der Waals surface area contributed by atoms with Crippen LogP contribution < -0.4 is 10.6 Å². The molecule has 2 aliphatic rings. The SMILES string of the molecule is C[C@@H](NC(=O)c1cccc(C2CCN(C(=O)C3CC3)CC2)c1)c1ccc(-c2cc(C(F)(F)F)ccc2CNC(=O)OC(C)(C)C)cc1. The Morgan fingerprint density at radius 1 is 0.915 bits per heavy atom. The molecular formula is C37H42F3N3O4. The first-order chi connectivity index (χ1) is 22.2. The summed E-state index contributed by atoms with van der Waals surface area (Å²) in [5.41, 5.74) is 2.28. The standard InChI is InChI=1S/C37H42F3N3O4/c1-23(42-33(44)29-7-5-6-28(20-29)25-16-18-43(19-17-25)34(45)27-12-13-27)24-8-10-26(11-9-24)32-21-31(37(38,39)40)15-14-30(32)22-41-35(46)47-36(2,3)4/h5-11,14-15,20-21,23,25,27H,12-13,16-19,22H2,1-4H3,(H,41,46)(H,42,44)/t23-/m1/s1. The van der Waals surface area contributed by atoms with Gasteiger partial charge in [-0.15, -0.1) is 0 Å². The third-order valence-corrected chi connectivity index (χ3v) is 8.68. The van der Waals surface area contributed by atoms with E-state index in [0.29, 0.717) is 22.3 Å². The molecule has 2 N–H and O–H groups in total. The van der Waals surface area contributed by atoms with Crippen LogP contribution in [0, 0.1) is 5.92 Å². The van der Waals surface area contributed by atoms with Gasteiger partial charge in [-0.1, -0.05) is 42.5 Å². The van der Waals surface area contributed by atoms with Crippen LogP contribution in [0.25, 0.3) is 11.1 Å². The number of halogens is 3. The van der Waals surface area contributed by atoms with Crippen LogP contribution in [0.5, 0.6) is 0 Å². The fourth-order valence-corrected chi connectivity index (χ4v) is 5.93. The van der Waals surface area contributed by atoms with E-state index >= 15 is 0 Å². The molecule has 2 fully saturated rings. The second kappa shape index (κ2) is 13.8. The second-order valence-electron chi connectivity index (χ2n) is 13.5. The number of likely N-dealkylation sites (tertiary alicyclic amines) is 1. The smallest absolute Gasteiger partial charge is 0.416 e. The normalized spacial score (nSPS) is 16.4. The van der Waals surface area contributed by atoms with Crippen molar-refractivity contribution < 1.29 is 32.3 Å². The second-order valence-corrected chi connectivity index (χ2v) is 13.5. The van der Waals surface area contributed by atoms with Gasteiger partial charge in [0.05, 0.1) is 11.6 Å². The summed E-state index contributed by atoms with van der Waals surface area (Å²) in [6.45, 7) is 8.49. The van der Waals surface area contributed by atoms with Crippen LogP contribution in [0.3, 0.4) is 0 Å². The van der Waals surface area contributed by atoms with Gasteiger partial charge in [0.2, 0.25) is 5.91 Å². The quantitative estimate of drug-likeness (QED) is 0.259. The number of nitrogens with one attached hydrogen (secondary N) is 2. The molecule has 1 heterocycles. The van der Waals surface area contributed by atoms with E-state index in [1.54, 1.807) is 51.1 Å². The summed E-state index contributed by atoms with van der Waals surface area (Å²) in [7, 11) is 0. The number of hydrogen-bond acceptors (Lipinski definition) is 4. The molecule has 0 spiro atoms. The molecule has 0 unspecified atom stereocenters. The zero-order valence-corrected chi connectivity index (χ0v) is 27.2. The van der Waals surface area contributed by atoms with E-state index in [4.69, 9.17) is 4.74 Å². The minimum atomic E-state index is -4.53. The lowest BCUT2D eigenvalue weighted by molar-refractivity contribution is -0.137. The zero-order chi connectivity index (χ0) is 33.9. The Morgan fingerprint density at radius 3 is 2.21 bits per heavy atom. The van der Waals surface area contributed by atoms with Gasteiger partial charge in [-0.3, -0.25) is 9.59 Å². The van der Waals surface area contributed by atoms with Gasteiger partial charge in [-0.25, -0.2) is 4.79 Å². The van der Waals surface area contributed by atoms with Crippen LogP contribution in [0.1, 0.15) is 97.9 Å². The van der Waals surface area contributed by atoms with Crippen LogP contribution in [0.2, 0.25) is 0 Å². The number of ether oxygens (including phenoxy) is 1. The highest BCUT2D eigenvalue weighted by Crippen LogP contribution is 2.36. The predicted molar refractivity (Wildman–Crippen MR) is 174 cm³/mol. The largest absolute Gasteiger partial charge is 0.444 e. The molecule has 3 aromatic rings. The van der Waals surface area contributed by atoms with E-state index in [2.05, 4.69) is 10.6 Å². The summed E-state index contributed by atoms with van der Waals surface area (Å²) in [5, 5.41) is 5.66. The lowest BCUT2D eigenvalue weighted by Crippen LogP contribution is -2.38. The number of carbonyl (C=O) groups is 3. The van der Waals surface area contributed by atoms with E-state index in [1.165, 1.54) is 6.07 Å². The number of alkyl halides is 3. The lowest BCUT2D eigenvalue weighted by Gasteiger charge is -2.32. The molecule has 3 aromatic carbocycles. The number of hydrogen-bond donors (Lipinski definition) is 2. The third kappa shape index (κ3) is 8.93. The van der Waals surface area contributed by atoms with Gasteiger partial charge < -0.3 is 20.3 Å². The Kier molecular flexibility index (Phi) is 9.98. The van der Waals surface area contributed by atoms with Crippen molar-refractivity contribution in [3.8, 4) is 11.1 Å². The van der Waals surface area contributed by atoms with Crippen molar-refractivity contribution in [3.63, 3.8) is 0 Å². The van der Waals surface area contributed by atoms with Gasteiger partial charge in [0.25, 0.3) is 5.91 Å². The minimum absolute atomic E-state index is 0.0205. The predicted octanol–water partition coefficient (Wildman–Crippen LogP) is 8.00. The molecule has 10 heteroatoms. The molecule has 0 bridgehead atoms. The monoisotopic (exact) mass is 649 g/mol. The van der Waals surface area contributed by atoms with Crippen molar-refractivity contribution >= 4 is 17.9 Å². The van der Waals surface area contributed by atoms with Crippen molar-refractivity contribution in [1.82, 2.24) is 15.5 Å². The van der Waals surface area contributed by atoms with E-state index in [9.17, 15) is 27.6 Å². The molecule has 0 aromatic heterocycles. The van der Waals surface area contributed by atoms with Gasteiger partial charge >= 0.3 is 12.3 Å². The highest BCUT2D eigenvalue weighted by Gasteiger charge is 2.35. The fraction of sp³-hybridized carbons (Fsp3) is 0.432. The number of carbonyl (C=O) groups excluding carboxylic acids is 3. The first kappa shape index (κ1) is 34.0. The molecule has 1 atom stereocenters. The topological polar surface area (TPSA) is 87.7 Å². The van der Waals surface area contributed by atoms with E-state index in [0.717, 1.165) is 62.0 Å². The number of amides is 3. The number of piperidine rings is 1. The van der Waals surface area contributed by atoms with Gasteiger partial charge in [-0.2, -0.15) is 13.2 Å². The van der Waals surface area contributed by atoms with Crippen molar-refractivity contribution in [1.29, 1.82) is 0 Å². The fourth-order valence-electron chi connectivity index (χ4n) is 5.93. The van der Waals surface area contributed by atoms with Crippen LogP contribution in [-0.2, 0) is 22.3 Å². The first-order valence-corrected chi connectivity index (χ1v) is 16.1. The summed E-state index contributed by atoms with van der Waals surface area (Å²) in [6, 6.07) is 17.7. The molecule has 1 aliphatic carbocycles. The van der Waals surface area contributed by atoms with Gasteiger partial charge in [0.15, 0.2) is 0 Å². The summed E-state index contributed by atoms with van der Waals surface area (Å²) in [5.74, 6) is 0.571. The summed E-state index contributed by atoms with van der Waals surface area (Å²) >= 11 is 0. The maximum atomic E-state index is 13.6. The zero-order valence-electron chi connectivity index (χ0n) is 27.2. The van der Waals surface area contributed by atoms with Crippen molar-refractivity contribution in [2.45, 2.75) is 83.7 Å². The van der Waals surface area contributed by atoms with E-state index in [-0.39, 0.29) is 36.2 Å². The average Bonchev–Trinajstić information content (AvgIpc) is 3.88. The number of benzene rings is 3. The molecule has 250 valence electrons. The van der Waals surface area contributed by atoms with Gasteiger partial charge in [0.1, 0.15) is 5.60 Å². The van der Waals surface area contributed by atoms with Crippen LogP contribution >= 0.6 is 0 Å². The molecule has 3 amide bonds. The number of rotatable bonds is 8. The molecular weight excluding hydrogens is 607 g/mol. The molecule has 5 rings (SSSR count).